The fourth-order valence-corrected chi connectivity index (χ4v) is 4.79. The zero-order valence-corrected chi connectivity index (χ0v) is 20.6. The average molecular weight is 501 g/mol. The summed E-state index contributed by atoms with van der Waals surface area (Å²) < 4.78 is 15.4. The SMILES string of the molecule is Cc1cccc2ccnc(N(C(=O)c3ccc(Nc4nccc(CCO)n4)cc3F)[C@@H]3CCCNC3)c12. The third-order valence-corrected chi connectivity index (χ3v) is 6.60. The number of nitrogens with zero attached hydrogens (tertiary/aromatic N) is 4. The molecule has 1 amide bonds. The molecule has 1 aliphatic rings. The highest BCUT2D eigenvalue weighted by molar-refractivity contribution is 6.11. The maximum Gasteiger partial charge on any atom is 0.262 e. The number of hydrogen-bond donors (Lipinski definition) is 3. The van der Waals surface area contributed by atoms with Gasteiger partial charge in [0.05, 0.1) is 11.6 Å². The lowest BCUT2D eigenvalue weighted by molar-refractivity contribution is 0.0968. The summed E-state index contributed by atoms with van der Waals surface area (Å²) >= 11 is 0. The van der Waals surface area contributed by atoms with Gasteiger partial charge in [0.15, 0.2) is 0 Å². The molecule has 0 bridgehead atoms. The van der Waals surface area contributed by atoms with E-state index in [0.717, 1.165) is 35.7 Å². The second-order valence-electron chi connectivity index (χ2n) is 9.15. The van der Waals surface area contributed by atoms with Gasteiger partial charge in [0.25, 0.3) is 5.91 Å². The Morgan fingerprint density at radius 2 is 2.05 bits per heavy atom. The number of hydrogen-bond acceptors (Lipinski definition) is 7. The second kappa shape index (κ2) is 11.0. The summed E-state index contributed by atoms with van der Waals surface area (Å²) in [7, 11) is 0. The number of benzene rings is 2. The summed E-state index contributed by atoms with van der Waals surface area (Å²) in [6.07, 6.45) is 5.38. The Kier molecular flexibility index (Phi) is 7.34. The molecule has 0 radical (unpaired) electrons. The first-order valence-electron chi connectivity index (χ1n) is 12.4. The Morgan fingerprint density at radius 1 is 1.19 bits per heavy atom. The van der Waals surface area contributed by atoms with E-state index in [-0.39, 0.29) is 24.2 Å². The Hall–Kier alpha value is -3.95. The number of fused-ring (bicyclic) bond motifs is 1. The summed E-state index contributed by atoms with van der Waals surface area (Å²) in [6, 6.07) is 13.8. The van der Waals surface area contributed by atoms with Gasteiger partial charge in [-0.15, -0.1) is 0 Å². The number of aliphatic hydroxyl groups excluding tert-OH is 1. The molecule has 0 spiro atoms. The van der Waals surface area contributed by atoms with E-state index in [0.29, 0.717) is 30.2 Å². The van der Waals surface area contributed by atoms with Crippen LogP contribution in [-0.2, 0) is 6.42 Å². The monoisotopic (exact) mass is 500 g/mol. The van der Waals surface area contributed by atoms with Crippen molar-refractivity contribution >= 4 is 34.1 Å². The number of pyridine rings is 1. The lowest BCUT2D eigenvalue weighted by atomic mass is 10.0. The van der Waals surface area contributed by atoms with Crippen LogP contribution < -0.4 is 15.5 Å². The minimum Gasteiger partial charge on any atom is -0.396 e. The molecular formula is C28H29FN6O2. The van der Waals surface area contributed by atoms with Crippen molar-refractivity contribution in [2.45, 2.75) is 32.2 Å². The summed E-state index contributed by atoms with van der Waals surface area (Å²) in [5.41, 5.74) is 2.06. The number of aromatic nitrogens is 3. The molecule has 8 nitrogen and oxygen atoms in total. The summed E-state index contributed by atoms with van der Waals surface area (Å²) in [5.74, 6) is -0.241. The van der Waals surface area contributed by atoms with Crippen LogP contribution in [0, 0.1) is 12.7 Å². The summed E-state index contributed by atoms with van der Waals surface area (Å²) in [5, 5.41) is 17.4. The van der Waals surface area contributed by atoms with Crippen LogP contribution >= 0.6 is 0 Å². The number of piperidine rings is 1. The predicted octanol–water partition coefficient (Wildman–Crippen LogP) is 4.15. The van der Waals surface area contributed by atoms with Crippen LogP contribution in [0.15, 0.2) is 60.9 Å². The Morgan fingerprint density at radius 3 is 2.84 bits per heavy atom. The van der Waals surface area contributed by atoms with Crippen molar-refractivity contribution in [3.8, 4) is 0 Å². The Bertz CT molecular complexity index is 1420. The van der Waals surface area contributed by atoms with Gasteiger partial charge in [0.2, 0.25) is 5.95 Å². The van der Waals surface area contributed by atoms with E-state index in [1.54, 1.807) is 29.4 Å². The van der Waals surface area contributed by atoms with Crippen molar-refractivity contribution < 1.29 is 14.3 Å². The van der Waals surface area contributed by atoms with Gasteiger partial charge < -0.3 is 15.7 Å². The van der Waals surface area contributed by atoms with Crippen LogP contribution in [0.5, 0.6) is 0 Å². The van der Waals surface area contributed by atoms with E-state index >= 15 is 4.39 Å². The zero-order valence-electron chi connectivity index (χ0n) is 20.6. The molecule has 0 aliphatic carbocycles. The van der Waals surface area contributed by atoms with E-state index in [4.69, 9.17) is 5.11 Å². The van der Waals surface area contributed by atoms with Crippen LogP contribution in [0.25, 0.3) is 10.8 Å². The van der Waals surface area contributed by atoms with Crippen molar-refractivity contribution in [1.82, 2.24) is 20.3 Å². The fourth-order valence-electron chi connectivity index (χ4n) is 4.79. The summed E-state index contributed by atoms with van der Waals surface area (Å²) in [4.78, 5) is 28.7. The lowest BCUT2D eigenvalue weighted by Crippen LogP contribution is -2.49. The standard InChI is InChI=1S/C28H29FN6O2/c1-18-4-2-5-19-9-13-31-26(25(18)19)35(22-6-3-12-30-17-22)27(37)23-8-7-21(16-24(23)29)34-28-32-14-10-20(33-28)11-15-36/h2,4-5,7-10,13-14,16,22,30,36H,3,6,11-12,15,17H2,1H3,(H,32,33,34)/t22-/m1/s1. The highest BCUT2D eigenvalue weighted by atomic mass is 19.1. The second-order valence-corrected chi connectivity index (χ2v) is 9.15. The highest BCUT2D eigenvalue weighted by Gasteiger charge is 2.31. The van der Waals surface area contributed by atoms with Gasteiger partial charge in [-0.3, -0.25) is 9.69 Å². The molecule has 0 saturated carbocycles. The number of rotatable bonds is 7. The molecule has 1 fully saturated rings. The van der Waals surface area contributed by atoms with Crippen molar-refractivity contribution in [3.05, 3.63) is 83.6 Å². The minimum absolute atomic E-state index is 0.0278. The van der Waals surface area contributed by atoms with Crippen LogP contribution in [0.1, 0.15) is 34.5 Å². The number of amides is 1. The molecule has 3 heterocycles. The fraction of sp³-hybridized carbons (Fsp3) is 0.286. The Balaban J connectivity index is 1.50. The molecular weight excluding hydrogens is 471 g/mol. The van der Waals surface area contributed by atoms with E-state index in [1.807, 2.05) is 31.2 Å². The van der Waals surface area contributed by atoms with Gasteiger partial charge in [0.1, 0.15) is 11.6 Å². The van der Waals surface area contributed by atoms with Gasteiger partial charge in [-0.05, 0) is 67.6 Å². The minimum atomic E-state index is -0.646. The highest BCUT2D eigenvalue weighted by Crippen LogP contribution is 2.32. The number of aryl methyl sites for hydroxylation is 1. The van der Waals surface area contributed by atoms with Gasteiger partial charge >= 0.3 is 0 Å². The van der Waals surface area contributed by atoms with Gasteiger partial charge in [-0.2, -0.15) is 0 Å². The number of carbonyl (C=O) groups excluding carboxylic acids is 1. The molecule has 9 heteroatoms. The topological polar surface area (TPSA) is 103 Å². The molecule has 1 saturated heterocycles. The quantitative estimate of drug-likeness (QED) is 0.350. The van der Waals surface area contributed by atoms with Crippen molar-refractivity contribution in [2.24, 2.45) is 0 Å². The normalized spacial score (nSPS) is 15.5. The molecule has 3 N–H and O–H groups in total. The first-order valence-corrected chi connectivity index (χ1v) is 12.4. The number of aliphatic hydroxyl groups is 1. The van der Waals surface area contributed by atoms with Crippen molar-refractivity contribution in [1.29, 1.82) is 0 Å². The van der Waals surface area contributed by atoms with Crippen LogP contribution in [0.2, 0.25) is 0 Å². The van der Waals surface area contributed by atoms with Crippen LogP contribution in [0.3, 0.4) is 0 Å². The molecule has 0 unspecified atom stereocenters. The average Bonchev–Trinajstić information content (AvgIpc) is 2.90. The predicted molar refractivity (Wildman–Crippen MR) is 142 cm³/mol. The number of halogens is 1. The van der Waals surface area contributed by atoms with Crippen molar-refractivity contribution in [2.75, 3.05) is 29.9 Å². The largest absolute Gasteiger partial charge is 0.396 e. The van der Waals surface area contributed by atoms with E-state index < -0.39 is 11.7 Å². The van der Waals surface area contributed by atoms with Crippen LogP contribution in [0.4, 0.5) is 21.8 Å². The van der Waals surface area contributed by atoms with Gasteiger partial charge in [-0.25, -0.2) is 19.3 Å². The molecule has 1 atom stereocenters. The van der Waals surface area contributed by atoms with E-state index in [9.17, 15) is 4.79 Å². The number of nitrogens with one attached hydrogen (secondary N) is 2. The molecule has 2 aromatic carbocycles. The lowest BCUT2D eigenvalue weighted by Gasteiger charge is -2.35. The third-order valence-electron chi connectivity index (χ3n) is 6.60. The molecule has 190 valence electrons. The van der Waals surface area contributed by atoms with Crippen LogP contribution in [-0.4, -0.2) is 51.7 Å². The number of anilines is 3. The molecule has 2 aromatic heterocycles. The maximum absolute atomic E-state index is 15.4. The third kappa shape index (κ3) is 5.28. The molecule has 37 heavy (non-hydrogen) atoms. The van der Waals surface area contributed by atoms with E-state index in [1.165, 1.54) is 12.1 Å². The maximum atomic E-state index is 15.4. The first-order chi connectivity index (χ1) is 18.0. The Labute approximate surface area is 214 Å². The number of carbonyl (C=O) groups is 1. The molecule has 1 aliphatic heterocycles. The first kappa shape index (κ1) is 24.7. The summed E-state index contributed by atoms with van der Waals surface area (Å²) in [6.45, 7) is 3.46. The molecule has 5 rings (SSSR count). The van der Waals surface area contributed by atoms with E-state index in [2.05, 4.69) is 25.6 Å². The van der Waals surface area contributed by atoms with Gasteiger partial charge in [-0.1, -0.05) is 18.2 Å². The van der Waals surface area contributed by atoms with Gasteiger partial charge in [0, 0.05) is 48.7 Å². The molecule has 4 aromatic rings. The van der Waals surface area contributed by atoms with Crippen molar-refractivity contribution in [3.63, 3.8) is 0 Å². The zero-order chi connectivity index (χ0) is 25.8. The smallest absolute Gasteiger partial charge is 0.262 e.